The molecule has 2 amide bonds. The molecule has 0 radical (unpaired) electrons. The summed E-state index contributed by atoms with van der Waals surface area (Å²) in [5.74, 6) is -2.41. The molecule has 0 aromatic heterocycles. The summed E-state index contributed by atoms with van der Waals surface area (Å²) in [6, 6.07) is 6.33. The molecule has 2 heterocycles. The highest BCUT2D eigenvalue weighted by Crippen LogP contribution is 2.52. The highest BCUT2D eigenvalue weighted by molar-refractivity contribution is 5.95. The average Bonchev–Trinajstić information content (AvgIpc) is 3.06. The number of rotatable bonds is 6. The minimum atomic E-state index is -1.61. The summed E-state index contributed by atoms with van der Waals surface area (Å²) in [6.07, 6.45) is -2.51. The number of likely N-dealkylation sites (tertiary alicyclic amines) is 1. The van der Waals surface area contributed by atoms with Crippen molar-refractivity contribution in [3.8, 4) is 0 Å². The molecule has 2 aliphatic heterocycles. The molecular formula is C25H30N2O9. The van der Waals surface area contributed by atoms with Crippen LogP contribution in [-0.2, 0) is 44.7 Å². The Kier molecular flexibility index (Phi) is 7.03. The van der Waals surface area contributed by atoms with Crippen molar-refractivity contribution >= 4 is 29.9 Å². The van der Waals surface area contributed by atoms with Crippen LogP contribution in [0.25, 0.3) is 0 Å². The molecule has 1 aromatic rings. The zero-order valence-electron chi connectivity index (χ0n) is 20.7. The third-order valence-electron chi connectivity index (χ3n) is 6.92. The molecule has 1 aliphatic carbocycles. The number of carbonyl (C=O) groups is 5. The monoisotopic (exact) mass is 502 g/mol. The third-order valence-corrected chi connectivity index (χ3v) is 6.92. The number of fused-ring (bicyclic) bond motifs is 1. The summed E-state index contributed by atoms with van der Waals surface area (Å²) in [7, 11) is 0. The number of ether oxygens (including phenoxy) is 4. The Labute approximate surface area is 208 Å². The first-order chi connectivity index (χ1) is 17.1. The van der Waals surface area contributed by atoms with E-state index in [2.05, 4.69) is 0 Å². The molecule has 1 spiro atoms. The summed E-state index contributed by atoms with van der Waals surface area (Å²) in [6.45, 7) is 5.67. The van der Waals surface area contributed by atoms with Crippen LogP contribution in [0.5, 0.6) is 0 Å². The summed E-state index contributed by atoms with van der Waals surface area (Å²) in [5.41, 5.74) is -0.766. The predicted molar refractivity (Wildman–Crippen MR) is 122 cm³/mol. The van der Waals surface area contributed by atoms with Gasteiger partial charge >= 0.3 is 24.0 Å². The molecule has 3 aliphatic rings. The predicted octanol–water partition coefficient (Wildman–Crippen LogP) is 1.57. The van der Waals surface area contributed by atoms with Crippen LogP contribution in [0.3, 0.4) is 0 Å². The number of nitrogens with zero attached hydrogens (tertiary/aromatic N) is 2. The first kappa shape index (κ1) is 25.6. The van der Waals surface area contributed by atoms with Crippen molar-refractivity contribution in [1.29, 1.82) is 0 Å². The molecule has 194 valence electrons. The molecule has 3 fully saturated rings. The molecule has 0 N–H and O–H groups in total. The van der Waals surface area contributed by atoms with Gasteiger partial charge in [-0.2, -0.15) is 0 Å². The Hall–Kier alpha value is -3.47. The lowest BCUT2D eigenvalue weighted by Crippen LogP contribution is -2.78. The lowest BCUT2D eigenvalue weighted by atomic mass is 9.66. The molecule has 1 saturated carbocycles. The second kappa shape index (κ2) is 9.88. The van der Waals surface area contributed by atoms with E-state index in [1.807, 2.05) is 30.3 Å². The highest BCUT2D eigenvalue weighted by Gasteiger charge is 2.74. The zero-order chi connectivity index (χ0) is 26.2. The molecule has 4 rings (SSSR count). The molecule has 11 heteroatoms. The number of esters is 3. The van der Waals surface area contributed by atoms with Gasteiger partial charge in [0.2, 0.25) is 5.91 Å². The van der Waals surface area contributed by atoms with Crippen molar-refractivity contribution in [2.75, 3.05) is 6.61 Å². The van der Waals surface area contributed by atoms with Crippen molar-refractivity contribution in [2.24, 2.45) is 0 Å². The van der Waals surface area contributed by atoms with E-state index in [0.29, 0.717) is 0 Å². The van der Waals surface area contributed by atoms with Gasteiger partial charge in [0.25, 0.3) is 0 Å². The SMILES string of the molecule is CCOC(=O)[C@H]1[C@@H]2N(C(C)=O)C(=O)O[C@@]23C[C@H](OC(C)=O)C[C@H]([C@@H]3OC(C)=O)N1Cc1ccccc1. The fourth-order valence-corrected chi connectivity index (χ4v) is 5.88. The van der Waals surface area contributed by atoms with Crippen molar-refractivity contribution in [3.05, 3.63) is 35.9 Å². The van der Waals surface area contributed by atoms with Gasteiger partial charge in [0.15, 0.2) is 11.7 Å². The lowest BCUT2D eigenvalue weighted by molar-refractivity contribution is -0.230. The molecule has 0 unspecified atom stereocenters. The van der Waals surface area contributed by atoms with Crippen LogP contribution in [-0.4, -0.2) is 82.2 Å². The minimum absolute atomic E-state index is 0.0453. The molecular weight excluding hydrogens is 472 g/mol. The first-order valence-electron chi connectivity index (χ1n) is 11.9. The standard InChI is InChI=1S/C25H30N2O9/c1-5-33-23(31)20-21-25(36-24(32)27(21)14(2)28)12-18(34-15(3)29)11-19(22(25)35-16(4)30)26(20)13-17-9-7-6-8-10-17/h6-10,18-22H,5,11-13H2,1-4H3/t18-,19-,20-,21+,22+,25+/m1/s1. The number of benzene rings is 1. The number of hydrogen-bond donors (Lipinski definition) is 0. The smallest absolute Gasteiger partial charge is 0.417 e. The Bertz CT molecular complexity index is 1060. The van der Waals surface area contributed by atoms with Gasteiger partial charge < -0.3 is 18.9 Å². The second-order valence-corrected chi connectivity index (χ2v) is 9.28. The maximum atomic E-state index is 13.5. The maximum absolute atomic E-state index is 13.5. The summed E-state index contributed by atoms with van der Waals surface area (Å²) in [5, 5.41) is 0. The largest absolute Gasteiger partial charge is 0.465 e. The van der Waals surface area contributed by atoms with Crippen molar-refractivity contribution in [1.82, 2.24) is 9.80 Å². The number of imide groups is 1. The molecule has 6 atom stereocenters. The first-order valence-corrected chi connectivity index (χ1v) is 11.9. The normalized spacial score (nSPS) is 31.2. The van der Waals surface area contributed by atoms with Gasteiger partial charge in [0.1, 0.15) is 18.2 Å². The summed E-state index contributed by atoms with van der Waals surface area (Å²) < 4.78 is 22.6. The van der Waals surface area contributed by atoms with Gasteiger partial charge in [-0.3, -0.25) is 24.1 Å². The molecule has 1 aromatic carbocycles. The van der Waals surface area contributed by atoms with Crippen molar-refractivity contribution in [3.63, 3.8) is 0 Å². The number of amides is 2. The van der Waals surface area contributed by atoms with Crippen molar-refractivity contribution in [2.45, 2.75) is 83.0 Å². The van der Waals surface area contributed by atoms with Gasteiger partial charge in [-0.05, 0) is 12.5 Å². The topological polar surface area (TPSA) is 129 Å². The molecule has 2 saturated heterocycles. The quantitative estimate of drug-likeness (QED) is 0.417. The molecule has 2 bridgehead atoms. The zero-order valence-corrected chi connectivity index (χ0v) is 20.7. The highest BCUT2D eigenvalue weighted by atomic mass is 16.6. The fraction of sp³-hybridized carbons (Fsp3) is 0.560. The van der Waals surface area contributed by atoms with Crippen LogP contribution in [0, 0.1) is 0 Å². The Morgan fingerprint density at radius 3 is 2.31 bits per heavy atom. The maximum Gasteiger partial charge on any atom is 0.417 e. The van der Waals surface area contributed by atoms with Crippen molar-refractivity contribution < 1.29 is 42.9 Å². The Morgan fingerprint density at radius 1 is 1.06 bits per heavy atom. The number of piperidine rings is 1. The minimum Gasteiger partial charge on any atom is -0.465 e. The van der Waals surface area contributed by atoms with E-state index < -0.39 is 65.8 Å². The fourth-order valence-electron chi connectivity index (χ4n) is 5.88. The number of hydrogen-bond acceptors (Lipinski definition) is 10. The van der Waals surface area contributed by atoms with E-state index in [1.165, 1.54) is 20.8 Å². The van der Waals surface area contributed by atoms with Crippen LogP contribution in [0.15, 0.2) is 30.3 Å². The van der Waals surface area contributed by atoms with E-state index in [4.69, 9.17) is 18.9 Å². The number of carbonyl (C=O) groups excluding carboxylic acids is 5. The van der Waals surface area contributed by atoms with E-state index in [1.54, 1.807) is 11.8 Å². The van der Waals surface area contributed by atoms with Crippen LogP contribution in [0.4, 0.5) is 4.79 Å². The third kappa shape index (κ3) is 4.43. The van der Waals surface area contributed by atoms with E-state index in [9.17, 15) is 24.0 Å². The van der Waals surface area contributed by atoms with E-state index in [0.717, 1.165) is 10.5 Å². The van der Waals surface area contributed by atoms with E-state index in [-0.39, 0.29) is 26.0 Å². The van der Waals surface area contributed by atoms with Gasteiger partial charge in [-0.25, -0.2) is 9.69 Å². The van der Waals surface area contributed by atoms with Crippen LogP contribution < -0.4 is 0 Å². The van der Waals surface area contributed by atoms with Gasteiger partial charge in [0.05, 0.1) is 12.6 Å². The molecule has 11 nitrogen and oxygen atoms in total. The Morgan fingerprint density at radius 2 is 1.72 bits per heavy atom. The van der Waals surface area contributed by atoms with Gasteiger partial charge in [-0.1, -0.05) is 30.3 Å². The van der Waals surface area contributed by atoms with E-state index >= 15 is 0 Å². The summed E-state index contributed by atoms with van der Waals surface area (Å²) in [4.78, 5) is 66.0. The van der Waals surface area contributed by atoms with Crippen LogP contribution in [0.1, 0.15) is 46.1 Å². The lowest BCUT2D eigenvalue weighted by Gasteiger charge is -2.58. The molecule has 36 heavy (non-hydrogen) atoms. The average molecular weight is 503 g/mol. The second-order valence-electron chi connectivity index (χ2n) is 9.28. The van der Waals surface area contributed by atoms with Crippen LogP contribution >= 0.6 is 0 Å². The van der Waals surface area contributed by atoms with Gasteiger partial charge in [0, 0.05) is 40.2 Å². The van der Waals surface area contributed by atoms with Gasteiger partial charge in [-0.15, -0.1) is 0 Å². The Balaban J connectivity index is 1.92. The van der Waals surface area contributed by atoms with Crippen LogP contribution in [0.2, 0.25) is 0 Å². The summed E-state index contributed by atoms with van der Waals surface area (Å²) >= 11 is 0.